The van der Waals surface area contributed by atoms with Gasteiger partial charge in [0.25, 0.3) is 0 Å². The van der Waals surface area contributed by atoms with Gasteiger partial charge in [-0.2, -0.15) is 0 Å². The summed E-state index contributed by atoms with van der Waals surface area (Å²) >= 11 is 0. The normalized spacial score (nSPS) is 10.8. The number of carbonyl (C=O) groups excluding carboxylic acids is 2. The van der Waals surface area contributed by atoms with Crippen molar-refractivity contribution in [1.29, 1.82) is 0 Å². The lowest BCUT2D eigenvalue weighted by atomic mass is 10.2. The van der Waals surface area contributed by atoms with Gasteiger partial charge in [0.15, 0.2) is 0 Å². The van der Waals surface area contributed by atoms with Gasteiger partial charge >= 0.3 is 11.9 Å². The minimum atomic E-state index is -0.449. The molecule has 0 spiro atoms. The fraction of sp³-hybridized carbons (Fsp3) is 0.263. The van der Waals surface area contributed by atoms with E-state index >= 15 is 0 Å². The van der Waals surface area contributed by atoms with Crippen molar-refractivity contribution >= 4 is 23.0 Å². The molecule has 25 heavy (non-hydrogen) atoms. The molecule has 1 aromatic carbocycles. The molecule has 0 saturated heterocycles. The highest BCUT2D eigenvalue weighted by molar-refractivity contribution is 5.95. The summed E-state index contributed by atoms with van der Waals surface area (Å²) in [4.78, 5) is 24.5. The van der Waals surface area contributed by atoms with Crippen LogP contribution in [0.15, 0.2) is 48.7 Å². The largest absolute Gasteiger partial charge is 0.461 e. The molecular formula is C19H20N2O4. The second kappa shape index (κ2) is 7.25. The number of benzene rings is 1. The highest BCUT2D eigenvalue weighted by atomic mass is 16.5. The highest BCUT2D eigenvalue weighted by Crippen LogP contribution is 2.21. The third-order valence-corrected chi connectivity index (χ3v) is 3.97. The summed E-state index contributed by atoms with van der Waals surface area (Å²) < 4.78 is 14.0. The smallest absolute Gasteiger partial charge is 0.355 e. The Balaban J connectivity index is 1.80. The van der Waals surface area contributed by atoms with Gasteiger partial charge in [-0.1, -0.05) is 30.3 Å². The van der Waals surface area contributed by atoms with Crippen molar-refractivity contribution in [2.24, 2.45) is 7.05 Å². The van der Waals surface area contributed by atoms with Crippen molar-refractivity contribution in [1.82, 2.24) is 9.13 Å². The summed E-state index contributed by atoms with van der Waals surface area (Å²) in [6.07, 6.45) is 1.88. The van der Waals surface area contributed by atoms with E-state index in [9.17, 15) is 9.59 Å². The SMILES string of the molecule is CCOC(=O)c1cc2c(ccn2C)n1CC(=O)OCc1ccccc1. The number of hydrogen-bond acceptors (Lipinski definition) is 4. The van der Waals surface area contributed by atoms with Gasteiger partial charge in [-0.15, -0.1) is 0 Å². The van der Waals surface area contributed by atoms with Crippen molar-refractivity contribution in [3.8, 4) is 0 Å². The first-order valence-electron chi connectivity index (χ1n) is 8.11. The summed E-state index contributed by atoms with van der Waals surface area (Å²) in [6.45, 7) is 2.18. The van der Waals surface area contributed by atoms with Crippen LogP contribution >= 0.6 is 0 Å². The molecule has 3 rings (SSSR count). The van der Waals surface area contributed by atoms with Gasteiger partial charge in [0.1, 0.15) is 18.8 Å². The maximum absolute atomic E-state index is 12.3. The lowest BCUT2D eigenvalue weighted by Gasteiger charge is -2.10. The van der Waals surface area contributed by atoms with Gasteiger partial charge in [-0.05, 0) is 24.6 Å². The molecule has 0 bridgehead atoms. The zero-order valence-electron chi connectivity index (χ0n) is 14.3. The van der Waals surface area contributed by atoms with E-state index in [2.05, 4.69) is 0 Å². The number of nitrogens with zero attached hydrogens (tertiary/aromatic N) is 2. The van der Waals surface area contributed by atoms with Crippen LogP contribution in [0, 0.1) is 0 Å². The van der Waals surface area contributed by atoms with Gasteiger partial charge in [-0.3, -0.25) is 4.79 Å². The molecular weight excluding hydrogens is 320 g/mol. The number of aryl methyl sites for hydroxylation is 1. The molecule has 0 N–H and O–H groups in total. The number of ether oxygens (including phenoxy) is 2. The summed E-state index contributed by atoms with van der Waals surface area (Å²) in [7, 11) is 1.88. The molecule has 0 aliphatic rings. The monoisotopic (exact) mass is 340 g/mol. The number of rotatable bonds is 6. The predicted molar refractivity (Wildman–Crippen MR) is 93.1 cm³/mol. The van der Waals surface area contributed by atoms with Crippen molar-refractivity contribution < 1.29 is 19.1 Å². The molecule has 0 amide bonds. The van der Waals surface area contributed by atoms with E-state index in [1.807, 2.05) is 54.2 Å². The maximum atomic E-state index is 12.3. The van der Waals surface area contributed by atoms with E-state index in [1.54, 1.807) is 17.6 Å². The molecule has 6 heteroatoms. The Bertz CT molecular complexity index is 893. The molecule has 0 saturated carbocycles. The Kier molecular flexibility index (Phi) is 4.88. The average Bonchev–Trinajstić information content (AvgIpc) is 3.15. The number of carbonyl (C=O) groups is 2. The summed E-state index contributed by atoms with van der Waals surface area (Å²) in [5.74, 6) is -0.856. The first-order valence-corrected chi connectivity index (χ1v) is 8.11. The van der Waals surface area contributed by atoms with Gasteiger partial charge in [0, 0.05) is 13.2 Å². The average molecular weight is 340 g/mol. The fourth-order valence-electron chi connectivity index (χ4n) is 2.73. The summed E-state index contributed by atoms with van der Waals surface area (Å²) in [6, 6.07) is 13.1. The Morgan fingerprint density at radius 1 is 1.04 bits per heavy atom. The van der Waals surface area contributed by atoms with Crippen molar-refractivity contribution in [2.75, 3.05) is 6.61 Å². The fourth-order valence-corrected chi connectivity index (χ4v) is 2.73. The molecule has 2 aromatic heterocycles. The Morgan fingerprint density at radius 3 is 2.52 bits per heavy atom. The van der Waals surface area contributed by atoms with Gasteiger partial charge < -0.3 is 18.6 Å². The number of fused-ring (bicyclic) bond motifs is 1. The molecule has 3 aromatic rings. The minimum Gasteiger partial charge on any atom is -0.461 e. The molecule has 130 valence electrons. The molecule has 2 heterocycles. The quantitative estimate of drug-likeness (QED) is 0.647. The van der Waals surface area contributed by atoms with Crippen molar-refractivity contribution in [3.63, 3.8) is 0 Å². The van der Waals surface area contributed by atoms with Gasteiger partial charge in [0.2, 0.25) is 0 Å². The zero-order chi connectivity index (χ0) is 17.8. The molecule has 0 aliphatic heterocycles. The minimum absolute atomic E-state index is 0.0471. The molecule has 0 unspecified atom stereocenters. The first kappa shape index (κ1) is 16.8. The highest BCUT2D eigenvalue weighted by Gasteiger charge is 2.20. The molecule has 0 atom stereocenters. The van der Waals surface area contributed by atoms with E-state index < -0.39 is 11.9 Å². The van der Waals surface area contributed by atoms with Crippen LogP contribution in [0.25, 0.3) is 11.0 Å². The second-order valence-corrected chi connectivity index (χ2v) is 5.68. The van der Waals surface area contributed by atoms with Crippen LogP contribution in [0.1, 0.15) is 23.0 Å². The third-order valence-electron chi connectivity index (χ3n) is 3.97. The molecule has 0 radical (unpaired) electrons. The Morgan fingerprint density at radius 2 is 1.80 bits per heavy atom. The first-order chi connectivity index (χ1) is 12.1. The van der Waals surface area contributed by atoms with E-state index in [4.69, 9.17) is 9.47 Å². The van der Waals surface area contributed by atoms with Crippen LogP contribution in [-0.4, -0.2) is 27.7 Å². The topological polar surface area (TPSA) is 62.5 Å². The predicted octanol–water partition coefficient (Wildman–Crippen LogP) is 2.90. The van der Waals surface area contributed by atoms with Crippen molar-refractivity contribution in [2.45, 2.75) is 20.1 Å². The van der Waals surface area contributed by atoms with Crippen LogP contribution in [0.5, 0.6) is 0 Å². The second-order valence-electron chi connectivity index (χ2n) is 5.68. The van der Waals surface area contributed by atoms with E-state index in [-0.39, 0.29) is 19.8 Å². The third kappa shape index (κ3) is 3.57. The lowest BCUT2D eigenvalue weighted by Crippen LogP contribution is -2.18. The van der Waals surface area contributed by atoms with E-state index in [0.29, 0.717) is 5.69 Å². The summed E-state index contributed by atoms with van der Waals surface area (Å²) in [5, 5.41) is 0. The van der Waals surface area contributed by atoms with Gasteiger partial charge in [-0.25, -0.2) is 4.79 Å². The van der Waals surface area contributed by atoms with Crippen LogP contribution < -0.4 is 0 Å². The summed E-state index contributed by atoms with van der Waals surface area (Å²) in [5.41, 5.74) is 2.92. The lowest BCUT2D eigenvalue weighted by molar-refractivity contribution is -0.145. The Labute approximate surface area is 145 Å². The van der Waals surface area contributed by atoms with E-state index in [0.717, 1.165) is 16.6 Å². The van der Waals surface area contributed by atoms with E-state index in [1.165, 1.54) is 0 Å². The van der Waals surface area contributed by atoms with Crippen LogP contribution in [0.4, 0.5) is 0 Å². The number of esters is 2. The number of hydrogen-bond donors (Lipinski definition) is 0. The Hall–Kier alpha value is -3.02. The maximum Gasteiger partial charge on any atom is 0.355 e. The number of aromatic nitrogens is 2. The molecule has 0 fully saturated rings. The van der Waals surface area contributed by atoms with Gasteiger partial charge in [0.05, 0.1) is 17.6 Å². The zero-order valence-corrected chi connectivity index (χ0v) is 14.3. The van der Waals surface area contributed by atoms with Crippen LogP contribution in [0.2, 0.25) is 0 Å². The molecule has 0 aliphatic carbocycles. The van der Waals surface area contributed by atoms with Crippen LogP contribution in [0.3, 0.4) is 0 Å². The van der Waals surface area contributed by atoms with Crippen LogP contribution in [-0.2, 0) is 34.5 Å². The van der Waals surface area contributed by atoms with Crippen molar-refractivity contribution in [3.05, 3.63) is 59.9 Å². The molecule has 6 nitrogen and oxygen atoms in total. The standard InChI is InChI=1S/C19H20N2O4/c1-3-24-19(23)17-11-16-15(9-10-20(16)2)21(17)12-18(22)25-13-14-7-5-4-6-8-14/h4-11H,3,12-13H2,1-2H3.